The largest absolute Gasteiger partial charge is 0.389 e. The summed E-state index contributed by atoms with van der Waals surface area (Å²) in [5.74, 6) is 0.823. The number of benzene rings is 1. The zero-order valence-electron chi connectivity index (χ0n) is 11.7. The summed E-state index contributed by atoms with van der Waals surface area (Å²) in [4.78, 5) is 0.285. The standard InChI is InChI=1S/C14H20N2O2S2/c1-10-7-16(8-11(10)2)20(17,18)9-12-4-3-5-13(6-12)14(15)19/h3-6,10-11H,7-9H2,1-2H3,(H2,15,19). The molecule has 1 aliphatic heterocycles. The number of sulfonamides is 1. The molecule has 1 heterocycles. The Labute approximate surface area is 126 Å². The van der Waals surface area contributed by atoms with Crippen molar-refractivity contribution in [2.75, 3.05) is 13.1 Å². The highest BCUT2D eigenvalue weighted by molar-refractivity contribution is 7.88. The molecular weight excluding hydrogens is 292 g/mol. The van der Waals surface area contributed by atoms with Gasteiger partial charge in [0.1, 0.15) is 4.99 Å². The smallest absolute Gasteiger partial charge is 0.218 e. The summed E-state index contributed by atoms with van der Waals surface area (Å²) >= 11 is 4.92. The highest BCUT2D eigenvalue weighted by Crippen LogP contribution is 2.26. The van der Waals surface area contributed by atoms with E-state index >= 15 is 0 Å². The zero-order valence-corrected chi connectivity index (χ0v) is 13.4. The van der Waals surface area contributed by atoms with Gasteiger partial charge in [0.25, 0.3) is 0 Å². The summed E-state index contributed by atoms with van der Waals surface area (Å²) in [7, 11) is -3.27. The van der Waals surface area contributed by atoms with E-state index in [0.29, 0.717) is 30.5 Å². The van der Waals surface area contributed by atoms with E-state index in [4.69, 9.17) is 18.0 Å². The van der Waals surface area contributed by atoms with Gasteiger partial charge < -0.3 is 5.73 Å². The monoisotopic (exact) mass is 312 g/mol. The van der Waals surface area contributed by atoms with Crippen LogP contribution in [0.15, 0.2) is 24.3 Å². The quantitative estimate of drug-likeness (QED) is 0.860. The molecule has 6 heteroatoms. The Morgan fingerprint density at radius 1 is 1.35 bits per heavy atom. The Morgan fingerprint density at radius 3 is 2.50 bits per heavy atom. The lowest BCUT2D eigenvalue weighted by Gasteiger charge is -2.16. The third kappa shape index (κ3) is 3.37. The minimum atomic E-state index is -3.27. The van der Waals surface area contributed by atoms with E-state index in [1.165, 1.54) is 0 Å². The molecule has 0 spiro atoms. The molecule has 0 amide bonds. The van der Waals surface area contributed by atoms with Crippen LogP contribution in [0.3, 0.4) is 0 Å². The van der Waals surface area contributed by atoms with Gasteiger partial charge in [0.15, 0.2) is 0 Å². The zero-order chi connectivity index (χ0) is 14.9. The SMILES string of the molecule is CC1CN(S(=O)(=O)Cc2cccc(C(N)=S)c2)CC1C. The lowest BCUT2D eigenvalue weighted by Crippen LogP contribution is -2.30. The van der Waals surface area contributed by atoms with Crippen LogP contribution in [0.25, 0.3) is 0 Å². The second-order valence-electron chi connectivity index (χ2n) is 5.59. The van der Waals surface area contributed by atoms with Crippen LogP contribution >= 0.6 is 12.2 Å². The van der Waals surface area contributed by atoms with E-state index in [2.05, 4.69) is 13.8 Å². The van der Waals surface area contributed by atoms with Gasteiger partial charge in [0.05, 0.1) is 5.75 Å². The van der Waals surface area contributed by atoms with Crippen molar-refractivity contribution in [3.63, 3.8) is 0 Å². The molecular formula is C14H20N2O2S2. The van der Waals surface area contributed by atoms with Crippen LogP contribution in [-0.4, -0.2) is 30.8 Å². The van der Waals surface area contributed by atoms with Gasteiger partial charge in [-0.15, -0.1) is 0 Å². The van der Waals surface area contributed by atoms with Gasteiger partial charge in [-0.05, 0) is 23.5 Å². The van der Waals surface area contributed by atoms with Crippen molar-refractivity contribution in [1.82, 2.24) is 4.31 Å². The fraction of sp³-hybridized carbons (Fsp3) is 0.500. The summed E-state index contributed by atoms with van der Waals surface area (Å²) in [6, 6.07) is 7.12. The Morgan fingerprint density at radius 2 is 1.95 bits per heavy atom. The average Bonchev–Trinajstić information content (AvgIpc) is 2.70. The van der Waals surface area contributed by atoms with Crippen LogP contribution < -0.4 is 5.73 Å². The maximum Gasteiger partial charge on any atom is 0.218 e. The van der Waals surface area contributed by atoms with E-state index in [1.807, 2.05) is 0 Å². The molecule has 1 fully saturated rings. The number of thiocarbonyl (C=S) groups is 1. The molecule has 0 saturated carbocycles. The minimum Gasteiger partial charge on any atom is -0.389 e. The van der Waals surface area contributed by atoms with E-state index in [1.54, 1.807) is 28.6 Å². The molecule has 110 valence electrons. The molecule has 20 heavy (non-hydrogen) atoms. The highest BCUT2D eigenvalue weighted by atomic mass is 32.2. The number of rotatable bonds is 4. The molecule has 0 bridgehead atoms. The fourth-order valence-corrected chi connectivity index (χ4v) is 4.26. The van der Waals surface area contributed by atoms with Crippen LogP contribution in [0.2, 0.25) is 0 Å². The molecule has 0 aromatic heterocycles. The number of nitrogens with two attached hydrogens (primary N) is 1. The van der Waals surface area contributed by atoms with E-state index in [-0.39, 0.29) is 10.7 Å². The second kappa shape index (κ2) is 5.79. The van der Waals surface area contributed by atoms with Crippen molar-refractivity contribution in [2.24, 2.45) is 17.6 Å². The van der Waals surface area contributed by atoms with Crippen LogP contribution in [0, 0.1) is 11.8 Å². The van der Waals surface area contributed by atoms with E-state index < -0.39 is 10.0 Å². The normalized spacial score (nSPS) is 23.9. The number of hydrogen-bond donors (Lipinski definition) is 1. The molecule has 1 aromatic rings. The first kappa shape index (κ1) is 15.4. The Hall–Kier alpha value is -0.980. The summed E-state index contributed by atoms with van der Waals surface area (Å²) < 4.78 is 26.5. The Bertz CT molecular complexity index is 603. The van der Waals surface area contributed by atoms with Gasteiger partial charge in [0, 0.05) is 18.7 Å². The van der Waals surface area contributed by atoms with Crippen molar-refractivity contribution in [3.05, 3.63) is 35.4 Å². The molecule has 1 aromatic carbocycles. The minimum absolute atomic E-state index is 0.00287. The third-order valence-electron chi connectivity index (χ3n) is 3.91. The average molecular weight is 312 g/mol. The van der Waals surface area contributed by atoms with Crippen molar-refractivity contribution >= 4 is 27.2 Å². The van der Waals surface area contributed by atoms with Crippen molar-refractivity contribution in [3.8, 4) is 0 Å². The number of hydrogen-bond acceptors (Lipinski definition) is 3. The van der Waals surface area contributed by atoms with Crippen LogP contribution in [0.4, 0.5) is 0 Å². The predicted octanol–water partition coefficient (Wildman–Crippen LogP) is 1.74. The summed E-state index contributed by atoms with van der Waals surface area (Å²) in [5, 5.41) is 0. The third-order valence-corrected chi connectivity index (χ3v) is 5.93. The summed E-state index contributed by atoms with van der Waals surface area (Å²) in [5.41, 5.74) is 7.01. The topological polar surface area (TPSA) is 63.4 Å². The first-order chi connectivity index (χ1) is 9.29. The van der Waals surface area contributed by atoms with Gasteiger partial charge in [-0.3, -0.25) is 0 Å². The second-order valence-corrected chi connectivity index (χ2v) is 8.00. The van der Waals surface area contributed by atoms with Gasteiger partial charge in [0.2, 0.25) is 10.0 Å². The highest BCUT2D eigenvalue weighted by Gasteiger charge is 2.33. The molecule has 4 nitrogen and oxygen atoms in total. The molecule has 2 atom stereocenters. The maximum atomic E-state index is 12.4. The molecule has 1 saturated heterocycles. The van der Waals surface area contributed by atoms with Crippen molar-refractivity contribution in [2.45, 2.75) is 19.6 Å². The molecule has 0 radical (unpaired) electrons. The van der Waals surface area contributed by atoms with Crippen LogP contribution in [0.5, 0.6) is 0 Å². The molecule has 1 aliphatic rings. The predicted molar refractivity (Wildman–Crippen MR) is 84.9 cm³/mol. The van der Waals surface area contributed by atoms with Gasteiger partial charge in [-0.2, -0.15) is 0 Å². The molecule has 2 unspecified atom stereocenters. The fourth-order valence-electron chi connectivity index (χ4n) is 2.42. The molecule has 0 aliphatic carbocycles. The molecule has 2 N–H and O–H groups in total. The van der Waals surface area contributed by atoms with E-state index in [9.17, 15) is 8.42 Å². The summed E-state index contributed by atoms with van der Waals surface area (Å²) in [6.45, 7) is 5.40. The van der Waals surface area contributed by atoms with Gasteiger partial charge >= 0.3 is 0 Å². The Balaban J connectivity index is 2.17. The van der Waals surface area contributed by atoms with Crippen LogP contribution in [-0.2, 0) is 15.8 Å². The van der Waals surface area contributed by atoms with Gasteiger partial charge in [-0.1, -0.05) is 44.3 Å². The summed E-state index contributed by atoms with van der Waals surface area (Å²) in [6.07, 6.45) is 0. The Kier molecular flexibility index (Phi) is 4.46. The van der Waals surface area contributed by atoms with Crippen molar-refractivity contribution < 1.29 is 8.42 Å². The molecule has 2 rings (SSSR count). The van der Waals surface area contributed by atoms with E-state index in [0.717, 1.165) is 5.56 Å². The van der Waals surface area contributed by atoms with Crippen LogP contribution in [0.1, 0.15) is 25.0 Å². The number of nitrogens with zero attached hydrogens (tertiary/aromatic N) is 1. The van der Waals surface area contributed by atoms with Gasteiger partial charge in [-0.25, -0.2) is 12.7 Å². The first-order valence-corrected chi connectivity index (χ1v) is 8.68. The first-order valence-electron chi connectivity index (χ1n) is 6.66. The lowest BCUT2D eigenvalue weighted by molar-refractivity contribution is 0.462. The lowest BCUT2D eigenvalue weighted by atomic mass is 10.0. The maximum absolute atomic E-state index is 12.4. The van der Waals surface area contributed by atoms with Crippen molar-refractivity contribution in [1.29, 1.82) is 0 Å².